The maximum absolute atomic E-state index is 12.7. The number of nitrogens with zero attached hydrogens (tertiary/aromatic N) is 3. The number of aromatic nitrogens is 3. The fraction of sp³-hybridized carbons (Fsp3) is 0.0500. The summed E-state index contributed by atoms with van der Waals surface area (Å²) >= 11 is 0. The van der Waals surface area contributed by atoms with Gasteiger partial charge in [-0.15, -0.1) is 0 Å². The van der Waals surface area contributed by atoms with Gasteiger partial charge in [-0.05, 0) is 29.7 Å². The second kappa shape index (κ2) is 6.68. The van der Waals surface area contributed by atoms with E-state index in [1.165, 1.54) is 18.5 Å². The highest BCUT2D eigenvalue weighted by Crippen LogP contribution is 2.32. The van der Waals surface area contributed by atoms with E-state index in [2.05, 4.69) is 15.0 Å². The lowest BCUT2D eigenvalue weighted by Crippen LogP contribution is -2.04. The number of rotatable bonds is 3. The van der Waals surface area contributed by atoms with Gasteiger partial charge in [-0.1, -0.05) is 24.3 Å². The maximum Gasteiger partial charge on any atom is 0.416 e. The SMILES string of the molecule is FC(F)(F)c1ccc(-c2cc(Oc3cccc4ccncc34)ncn2)cc1. The fourth-order valence-corrected chi connectivity index (χ4v) is 2.67. The van der Waals surface area contributed by atoms with Crippen molar-refractivity contribution in [3.63, 3.8) is 0 Å². The Morgan fingerprint density at radius 3 is 2.48 bits per heavy atom. The summed E-state index contributed by atoms with van der Waals surface area (Å²) in [6, 6.07) is 13.8. The Hall–Kier alpha value is -3.48. The minimum absolute atomic E-state index is 0.288. The van der Waals surface area contributed by atoms with Crippen LogP contribution in [0.1, 0.15) is 5.56 Å². The third kappa shape index (κ3) is 3.57. The highest BCUT2D eigenvalue weighted by atomic mass is 19.4. The third-order valence-corrected chi connectivity index (χ3v) is 4.01. The average molecular weight is 367 g/mol. The van der Waals surface area contributed by atoms with Gasteiger partial charge in [-0.3, -0.25) is 4.98 Å². The van der Waals surface area contributed by atoms with Crippen molar-refractivity contribution in [1.29, 1.82) is 0 Å². The molecule has 0 atom stereocenters. The van der Waals surface area contributed by atoms with E-state index in [1.807, 2.05) is 18.2 Å². The van der Waals surface area contributed by atoms with Gasteiger partial charge in [0.25, 0.3) is 0 Å². The van der Waals surface area contributed by atoms with Gasteiger partial charge in [0, 0.05) is 29.4 Å². The van der Waals surface area contributed by atoms with Gasteiger partial charge in [0.1, 0.15) is 12.1 Å². The van der Waals surface area contributed by atoms with E-state index in [1.54, 1.807) is 24.5 Å². The summed E-state index contributed by atoms with van der Waals surface area (Å²) in [6.45, 7) is 0. The molecule has 4 nitrogen and oxygen atoms in total. The van der Waals surface area contributed by atoms with Gasteiger partial charge in [0.2, 0.25) is 5.88 Å². The first kappa shape index (κ1) is 17.0. The van der Waals surface area contributed by atoms with Crippen LogP contribution in [0.25, 0.3) is 22.0 Å². The molecule has 2 aromatic carbocycles. The summed E-state index contributed by atoms with van der Waals surface area (Å²) < 4.78 is 44.0. The minimum Gasteiger partial charge on any atom is -0.438 e. The molecule has 0 bridgehead atoms. The van der Waals surface area contributed by atoms with Gasteiger partial charge in [-0.25, -0.2) is 9.97 Å². The first-order chi connectivity index (χ1) is 13.0. The van der Waals surface area contributed by atoms with E-state index in [9.17, 15) is 13.2 Å². The van der Waals surface area contributed by atoms with Crippen molar-refractivity contribution in [2.75, 3.05) is 0 Å². The van der Waals surface area contributed by atoms with Crippen LogP contribution in [-0.4, -0.2) is 15.0 Å². The standard InChI is InChI=1S/C20H12F3N3O/c21-20(22,23)15-6-4-14(5-7-15)17-10-19(26-12-25-17)27-18-3-1-2-13-8-9-24-11-16(13)18/h1-12H. The van der Waals surface area contributed by atoms with E-state index >= 15 is 0 Å². The lowest BCUT2D eigenvalue weighted by molar-refractivity contribution is -0.137. The molecular formula is C20H12F3N3O. The van der Waals surface area contributed by atoms with Crippen LogP contribution in [0.2, 0.25) is 0 Å². The molecule has 2 aromatic heterocycles. The number of ether oxygens (including phenoxy) is 1. The Kier molecular flexibility index (Phi) is 4.19. The van der Waals surface area contributed by atoms with Crippen molar-refractivity contribution in [3.05, 3.63) is 78.9 Å². The highest BCUT2D eigenvalue weighted by Gasteiger charge is 2.30. The molecule has 0 aliphatic carbocycles. The summed E-state index contributed by atoms with van der Waals surface area (Å²) in [5, 5.41) is 1.80. The number of fused-ring (bicyclic) bond motifs is 1. The number of hydrogen-bond donors (Lipinski definition) is 0. The monoisotopic (exact) mass is 367 g/mol. The van der Waals surface area contributed by atoms with E-state index in [4.69, 9.17) is 4.74 Å². The first-order valence-corrected chi connectivity index (χ1v) is 8.01. The molecule has 0 spiro atoms. The van der Waals surface area contributed by atoms with Crippen molar-refractivity contribution in [3.8, 4) is 22.9 Å². The Labute approximate surface area is 152 Å². The zero-order valence-corrected chi connectivity index (χ0v) is 13.8. The van der Waals surface area contributed by atoms with Crippen LogP contribution in [0.5, 0.6) is 11.6 Å². The lowest BCUT2D eigenvalue weighted by Gasteiger charge is -2.10. The van der Waals surface area contributed by atoms with Crippen LogP contribution in [0.15, 0.2) is 73.3 Å². The van der Waals surface area contributed by atoms with Crippen molar-refractivity contribution in [2.45, 2.75) is 6.18 Å². The second-order valence-corrected chi connectivity index (χ2v) is 5.77. The number of benzene rings is 2. The van der Waals surface area contributed by atoms with Gasteiger partial charge in [0.15, 0.2) is 0 Å². The molecule has 2 heterocycles. The topological polar surface area (TPSA) is 47.9 Å². The maximum atomic E-state index is 12.7. The number of hydrogen-bond acceptors (Lipinski definition) is 4. The Bertz CT molecular complexity index is 1090. The largest absolute Gasteiger partial charge is 0.438 e. The molecule has 0 aliphatic heterocycles. The Balaban J connectivity index is 1.65. The van der Waals surface area contributed by atoms with E-state index < -0.39 is 11.7 Å². The van der Waals surface area contributed by atoms with E-state index in [-0.39, 0.29) is 5.88 Å². The lowest BCUT2D eigenvalue weighted by atomic mass is 10.1. The molecule has 4 aromatic rings. The predicted molar refractivity (Wildman–Crippen MR) is 94.3 cm³/mol. The molecule has 0 fully saturated rings. The van der Waals surface area contributed by atoms with Gasteiger partial charge in [-0.2, -0.15) is 13.2 Å². The summed E-state index contributed by atoms with van der Waals surface area (Å²) in [5.74, 6) is 0.869. The molecule has 0 saturated carbocycles. The van der Waals surface area contributed by atoms with Gasteiger partial charge in [0.05, 0.1) is 11.3 Å². The predicted octanol–water partition coefficient (Wildman–Crippen LogP) is 5.50. The zero-order chi connectivity index (χ0) is 18.9. The van der Waals surface area contributed by atoms with Crippen LogP contribution in [0, 0.1) is 0 Å². The van der Waals surface area contributed by atoms with Crippen LogP contribution in [-0.2, 0) is 6.18 Å². The van der Waals surface area contributed by atoms with Crippen LogP contribution < -0.4 is 4.74 Å². The number of alkyl halides is 3. The average Bonchev–Trinajstić information content (AvgIpc) is 2.68. The summed E-state index contributed by atoms with van der Waals surface area (Å²) in [4.78, 5) is 12.3. The fourth-order valence-electron chi connectivity index (χ4n) is 2.67. The van der Waals surface area contributed by atoms with Crippen molar-refractivity contribution in [1.82, 2.24) is 15.0 Å². The third-order valence-electron chi connectivity index (χ3n) is 4.01. The van der Waals surface area contributed by atoms with Crippen LogP contribution >= 0.6 is 0 Å². The smallest absolute Gasteiger partial charge is 0.416 e. The molecule has 0 aliphatic rings. The molecular weight excluding hydrogens is 355 g/mol. The molecule has 7 heteroatoms. The van der Waals surface area contributed by atoms with E-state index in [0.717, 1.165) is 22.9 Å². The highest BCUT2D eigenvalue weighted by molar-refractivity contribution is 5.87. The van der Waals surface area contributed by atoms with Crippen LogP contribution in [0.4, 0.5) is 13.2 Å². The minimum atomic E-state index is -4.37. The quantitative estimate of drug-likeness (QED) is 0.479. The van der Waals surface area contributed by atoms with Crippen molar-refractivity contribution >= 4 is 10.8 Å². The van der Waals surface area contributed by atoms with Crippen molar-refractivity contribution in [2.24, 2.45) is 0 Å². The number of halogens is 3. The van der Waals surface area contributed by atoms with Gasteiger partial charge < -0.3 is 4.74 Å². The molecule has 134 valence electrons. The molecule has 0 radical (unpaired) electrons. The molecule has 4 rings (SSSR count). The summed E-state index contributed by atoms with van der Waals surface area (Å²) in [5.41, 5.74) is 0.293. The Morgan fingerprint density at radius 1 is 0.889 bits per heavy atom. The molecule has 0 amide bonds. The summed E-state index contributed by atoms with van der Waals surface area (Å²) in [6.07, 6.45) is 0.328. The molecule has 0 unspecified atom stereocenters. The normalized spacial score (nSPS) is 11.5. The summed E-state index contributed by atoms with van der Waals surface area (Å²) in [7, 11) is 0. The Morgan fingerprint density at radius 2 is 1.70 bits per heavy atom. The molecule has 0 saturated heterocycles. The molecule has 27 heavy (non-hydrogen) atoms. The van der Waals surface area contributed by atoms with Gasteiger partial charge >= 0.3 is 6.18 Å². The van der Waals surface area contributed by atoms with E-state index in [0.29, 0.717) is 17.0 Å². The first-order valence-electron chi connectivity index (χ1n) is 8.01. The zero-order valence-electron chi connectivity index (χ0n) is 13.8. The number of pyridine rings is 1. The molecule has 0 N–H and O–H groups in total. The van der Waals surface area contributed by atoms with Crippen LogP contribution in [0.3, 0.4) is 0 Å². The second-order valence-electron chi connectivity index (χ2n) is 5.77. The van der Waals surface area contributed by atoms with Crippen molar-refractivity contribution < 1.29 is 17.9 Å².